The number of nitrogens with zero attached hydrogens (tertiary/aromatic N) is 4. The number of benzene rings is 1. The number of nitrogens with one attached hydrogen (secondary N) is 1. The van der Waals surface area contributed by atoms with Gasteiger partial charge in [-0.05, 0) is 19.1 Å². The van der Waals surface area contributed by atoms with E-state index >= 15 is 0 Å². The SMILES string of the molecule is CCOC(=O)/C(=N\OC)c1csc(NC(=O)CN2CCN(c3ccccc3OC)CC2)n1. The van der Waals surface area contributed by atoms with Crippen molar-refractivity contribution in [3.63, 3.8) is 0 Å². The molecule has 0 radical (unpaired) electrons. The molecule has 0 aliphatic carbocycles. The standard InChI is InChI=1S/C21H27N5O5S/c1-4-31-20(28)19(24-30-3)15-14-32-21(22-15)23-18(27)13-25-9-11-26(12-10-25)16-7-5-6-8-17(16)29-2/h5-8,14H,4,9-13H2,1-3H3,(H,22,23,27)/b24-19-. The van der Waals surface area contributed by atoms with Gasteiger partial charge in [0.25, 0.3) is 0 Å². The highest BCUT2D eigenvalue weighted by Crippen LogP contribution is 2.28. The summed E-state index contributed by atoms with van der Waals surface area (Å²) in [5, 5.41) is 8.48. The van der Waals surface area contributed by atoms with Gasteiger partial charge in [0.15, 0.2) is 5.13 Å². The number of esters is 1. The number of thiazole rings is 1. The number of anilines is 2. The third-order valence-corrected chi connectivity index (χ3v) is 5.57. The zero-order valence-corrected chi connectivity index (χ0v) is 19.2. The average molecular weight is 462 g/mol. The summed E-state index contributed by atoms with van der Waals surface area (Å²) in [5.41, 5.74) is 1.30. The van der Waals surface area contributed by atoms with Gasteiger partial charge in [0.05, 0.1) is 25.9 Å². The topological polar surface area (TPSA) is 106 Å². The van der Waals surface area contributed by atoms with Crippen LogP contribution >= 0.6 is 11.3 Å². The Morgan fingerprint density at radius 1 is 1.19 bits per heavy atom. The molecule has 1 fully saturated rings. The number of carbonyl (C=O) groups excluding carboxylic acids is 2. The number of para-hydroxylation sites is 2. The number of carbonyl (C=O) groups is 2. The maximum absolute atomic E-state index is 12.5. The summed E-state index contributed by atoms with van der Waals surface area (Å²) in [4.78, 5) is 37.9. The van der Waals surface area contributed by atoms with Crippen LogP contribution in [0.3, 0.4) is 0 Å². The maximum atomic E-state index is 12.5. The molecule has 0 unspecified atom stereocenters. The van der Waals surface area contributed by atoms with Gasteiger partial charge in [-0.25, -0.2) is 9.78 Å². The molecule has 32 heavy (non-hydrogen) atoms. The summed E-state index contributed by atoms with van der Waals surface area (Å²) in [6, 6.07) is 7.93. The molecule has 0 saturated carbocycles. The molecular weight excluding hydrogens is 434 g/mol. The molecule has 1 amide bonds. The maximum Gasteiger partial charge on any atom is 0.362 e. The Bertz CT molecular complexity index is 956. The minimum atomic E-state index is -0.634. The molecule has 11 heteroatoms. The molecule has 2 heterocycles. The summed E-state index contributed by atoms with van der Waals surface area (Å²) in [6.45, 7) is 5.26. The summed E-state index contributed by atoms with van der Waals surface area (Å²) < 4.78 is 10.4. The molecule has 2 aromatic rings. The minimum Gasteiger partial charge on any atom is -0.495 e. The number of rotatable bonds is 9. The molecule has 172 valence electrons. The Balaban J connectivity index is 1.53. The van der Waals surface area contributed by atoms with Crippen LogP contribution in [0.1, 0.15) is 12.6 Å². The predicted octanol–water partition coefficient (Wildman–Crippen LogP) is 1.83. The summed E-state index contributed by atoms with van der Waals surface area (Å²) in [6.07, 6.45) is 0. The van der Waals surface area contributed by atoms with Crippen LogP contribution in [0.2, 0.25) is 0 Å². The van der Waals surface area contributed by atoms with Crippen molar-refractivity contribution in [1.82, 2.24) is 9.88 Å². The highest BCUT2D eigenvalue weighted by atomic mass is 32.1. The van der Waals surface area contributed by atoms with Crippen LogP contribution in [0.15, 0.2) is 34.8 Å². The number of aromatic nitrogens is 1. The first-order chi connectivity index (χ1) is 15.5. The normalized spacial score (nSPS) is 14.7. The van der Waals surface area contributed by atoms with E-state index in [-0.39, 0.29) is 30.5 Å². The molecule has 1 aliphatic heterocycles. The van der Waals surface area contributed by atoms with E-state index in [0.717, 1.165) is 37.6 Å². The second-order valence-electron chi connectivity index (χ2n) is 6.86. The fraction of sp³-hybridized carbons (Fsp3) is 0.429. The Morgan fingerprint density at radius 2 is 1.94 bits per heavy atom. The van der Waals surface area contributed by atoms with Gasteiger partial charge in [0.2, 0.25) is 11.6 Å². The highest BCUT2D eigenvalue weighted by Gasteiger charge is 2.23. The van der Waals surface area contributed by atoms with E-state index in [1.54, 1.807) is 19.4 Å². The Morgan fingerprint density at radius 3 is 2.62 bits per heavy atom. The number of hydrogen-bond donors (Lipinski definition) is 1. The molecule has 1 aliphatic rings. The van der Waals surface area contributed by atoms with Crippen molar-refractivity contribution in [2.45, 2.75) is 6.92 Å². The molecule has 1 N–H and O–H groups in total. The second kappa shape index (κ2) is 11.4. The average Bonchev–Trinajstić information content (AvgIpc) is 3.25. The van der Waals surface area contributed by atoms with E-state index in [2.05, 4.69) is 25.3 Å². The van der Waals surface area contributed by atoms with Crippen LogP contribution in [0.25, 0.3) is 0 Å². The van der Waals surface area contributed by atoms with E-state index in [0.29, 0.717) is 5.13 Å². The van der Waals surface area contributed by atoms with Gasteiger partial charge in [-0.15, -0.1) is 11.3 Å². The Hall–Kier alpha value is -3.18. The molecule has 1 saturated heterocycles. The summed E-state index contributed by atoms with van der Waals surface area (Å²) in [7, 11) is 3.00. The van der Waals surface area contributed by atoms with Crippen molar-refractivity contribution in [3.8, 4) is 5.75 Å². The van der Waals surface area contributed by atoms with Gasteiger partial charge in [-0.3, -0.25) is 9.69 Å². The molecule has 0 atom stereocenters. The lowest BCUT2D eigenvalue weighted by Gasteiger charge is -2.36. The largest absolute Gasteiger partial charge is 0.495 e. The predicted molar refractivity (Wildman–Crippen MR) is 123 cm³/mol. The van der Waals surface area contributed by atoms with Crippen molar-refractivity contribution in [2.75, 3.05) is 63.8 Å². The number of ether oxygens (including phenoxy) is 2. The first-order valence-electron chi connectivity index (χ1n) is 10.2. The third-order valence-electron chi connectivity index (χ3n) is 4.81. The second-order valence-corrected chi connectivity index (χ2v) is 7.72. The zero-order chi connectivity index (χ0) is 22.9. The van der Waals surface area contributed by atoms with E-state index in [4.69, 9.17) is 14.3 Å². The van der Waals surface area contributed by atoms with Gasteiger partial charge in [-0.2, -0.15) is 0 Å². The van der Waals surface area contributed by atoms with Crippen molar-refractivity contribution in [1.29, 1.82) is 0 Å². The lowest BCUT2D eigenvalue weighted by Crippen LogP contribution is -2.48. The van der Waals surface area contributed by atoms with Crippen molar-refractivity contribution >= 4 is 39.7 Å². The number of oxime groups is 1. The van der Waals surface area contributed by atoms with E-state index in [1.165, 1.54) is 18.4 Å². The number of methoxy groups -OCH3 is 1. The molecule has 10 nitrogen and oxygen atoms in total. The first-order valence-corrected chi connectivity index (χ1v) is 11.1. The van der Waals surface area contributed by atoms with Gasteiger partial charge in [-0.1, -0.05) is 17.3 Å². The monoisotopic (exact) mass is 461 g/mol. The van der Waals surface area contributed by atoms with E-state index in [9.17, 15) is 9.59 Å². The van der Waals surface area contributed by atoms with E-state index < -0.39 is 5.97 Å². The van der Waals surface area contributed by atoms with Gasteiger partial charge in [0.1, 0.15) is 18.6 Å². The fourth-order valence-corrected chi connectivity index (χ4v) is 4.03. The molecular formula is C21H27N5O5S. The van der Waals surface area contributed by atoms with Crippen molar-refractivity contribution in [2.24, 2.45) is 5.16 Å². The Kier molecular flexibility index (Phi) is 8.40. The van der Waals surface area contributed by atoms with Crippen molar-refractivity contribution < 1.29 is 23.9 Å². The number of hydrogen-bond acceptors (Lipinski definition) is 10. The Labute approximate surface area is 190 Å². The minimum absolute atomic E-state index is 0.0430. The first kappa shape index (κ1) is 23.5. The molecule has 3 rings (SSSR count). The molecule has 0 spiro atoms. The van der Waals surface area contributed by atoms with Gasteiger partial charge < -0.3 is 24.5 Å². The van der Waals surface area contributed by atoms with Crippen LogP contribution in [-0.2, 0) is 19.2 Å². The van der Waals surface area contributed by atoms with Crippen LogP contribution in [-0.4, -0.2) is 81.0 Å². The summed E-state index contributed by atoms with van der Waals surface area (Å²) >= 11 is 1.20. The number of piperazine rings is 1. The van der Waals surface area contributed by atoms with Crippen LogP contribution in [0.5, 0.6) is 5.75 Å². The van der Waals surface area contributed by atoms with Crippen LogP contribution < -0.4 is 15.0 Å². The zero-order valence-electron chi connectivity index (χ0n) is 18.4. The van der Waals surface area contributed by atoms with Gasteiger partial charge >= 0.3 is 5.97 Å². The molecule has 0 bridgehead atoms. The number of amides is 1. The lowest BCUT2D eigenvalue weighted by molar-refractivity contribution is -0.135. The third kappa shape index (κ3) is 5.95. The van der Waals surface area contributed by atoms with Gasteiger partial charge in [0, 0.05) is 31.6 Å². The smallest absolute Gasteiger partial charge is 0.362 e. The van der Waals surface area contributed by atoms with Crippen molar-refractivity contribution in [3.05, 3.63) is 35.3 Å². The summed E-state index contributed by atoms with van der Waals surface area (Å²) in [5.74, 6) is 0.0425. The van der Waals surface area contributed by atoms with E-state index in [1.807, 2.05) is 24.3 Å². The highest BCUT2D eigenvalue weighted by molar-refractivity contribution is 7.14. The lowest BCUT2D eigenvalue weighted by atomic mass is 10.2. The van der Waals surface area contributed by atoms with Crippen LogP contribution in [0, 0.1) is 0 Å². The fourth-order valence-electron chi connectivity index (χ4n) is 3.32. The quantitative estimate of drug-likeness (QED) is 0.343. The van der Waals surface area contributed by atoms with Crippen LogP contribution in [0.4, 0.5) is 10.8 Å². The molecule has 1 aromatic heterocycles. The molecule has 1 aromatic carbocycles.